The van der Waals surface area contributed by atoms with Crippen LogP contribution in [0.1, 0.15) is 5.69 Å². The molecule has 0 amide bonds. The van der Waals surface area contributed by atoms with Gasteiger partial charge in [-0.3, -0.25) is 4.98 Å². The molecule has 3 heteroatoms. The van der Waals surface area contributed by atoms with Crippen LogP contribution in [0.15, 0.2) is 54.9 Å². The summed E-state index contributed by atoms with van der Waals surface area (Å²) in [5.74, 6) is 0. The highest BCUT2D eigenvalue weighted by Gasteiger charge is 1.99. The normalized spacial score (nSPS) is 10.6. The lowest BCUT2D eigenvalue weighted by atomic mass is 10.2. The van der Waals surface area contributed by atoms with Gasteiger partial charge in [-0.1, -0.05) is 30.3 Å². The van der Waals surface area contributed by atoms with Crippen LogP contribution < -0.4 is 4.84 Å². The van der Waals surface area contributed by atoms with E-state index in [0.717, 1.165) is 16.5 Å². The molecule has 0 bridgehead atoms. The second-order valence-corrected chi connectivity index (χ2v) is 3.75. The van der Waals surface area contributed by atoms with Gasteiger partial charge >= 0.3 is 0 Å². The zero-order valence-corrected chi connectivity index (χ0v) is 9.21. The molecule has 0 aliphatic heterocycles. The summed E-state index contributed by atoms with van der Waals surface area (Å²) in [6.07, 6.45) is 6.81. The maximum absolute atomic E-state index is 5.58. The minimum Gasteiger partial charge on any atom is -0.407 e. The van der Waals surface area contributed by atoms with Crippen molar-refractivity contribution >= 4 is 10.8 Å². The van der Waals surface area contributed by atoms with Crippen LogP contribution in [-0.2, 0) is 6.61 Å². The maximum Gasteiger partial charge on any atom is 0.156 e. The Balaban J connectivity index is 1.77. The van der Waals surface area contributed by atoms with Crippen LogP contribution in [0.25, 0.3) is 10.8 Å². The van der Waals surface area contributed by atoms with Crippen LogP contribution in [0.4, 0.5) is 0 Å². The minimum absolute atomic E-state index is 0.443. The van der Waals surface area contributed by atoms with Crippen molar-refractivity contribution in [2.24, 2.45) is 0 Å². The van der Waals surface area contributed by atoms with E-state index in [4.69, 9.17) is 4.84 Å². The Morgan fingerprint density at radius 2 is 2.00 bits per heavy atom. The highest BCUT2D eigenvalue weighted by Crippen LogP contribution is 2.12. The predicted molar refractivity (Wildman–Crippen MR) is 65.3 cm³/mol. The highest BCUT2D eigenvalue weighted by atomic mass is 16.7. The molecule has 0 N–H and O–H groups in total. The van der Waals surface area contributed by atoms with Crippen molar-refractivity contribution in [3.8, 4) is 0 Å². The molecule has 0 aliphatic rings. The molecule has 3 aromatic rings. The summed E-state index contributed by atoms with van der Waals surface area (Å²) in [4.78, 5) is 9.77. The van der Waals surface area contributed by atoms with Crippen molar-refractivity contribution in [3.63, 3.8) is 0 Å². The first-order valence-electron chi connectivity index (χ1n) is 5.44. The van der Waals surface area contributed by atoms with Crippen LogP contribution >= 0.6 is 0 Å². The third kappa shape index (κ3) is 2.13. The van der Waals surface area contributed by atoms with E-state index in [1.807, 2.05) is 48.7 Å². The summed E-state index contributed by atoms with van der Waals surface area (Å²) >= 11 is 0. The molecular formula is C14H11N2O. The molecule has 0 unspecified atom stereocenters. The van der Waals surface area contributed by atoms with Crippen LogP contribution in [0.2, 0.25) is 0 Å². The molecule has 3 nitrogen and oxygen atoms in total. The molecule has 2 aromatic heterocycles. The summed E-state index contributed by atoms with van der Waals surface area (Å²) < 4.78 is 1.61. The van der Waals surface area contributed by atoms with E-state index in [1.54, 1.807) is 10.9 Å². The summed E-state index contributed by atoms with van der Waals surface area (Å²) in [5.41, 5.74) is 0.902. The zero-order chi connectivity index (χ0) is 11.5. The Labute approximate surface area is 99.2 Å². The molecule has 0 atom stereocenters. The number of pyridine rings is 1. The fourth-order valence-corrected chi connectivity index (χ4v) is 1.68. The first kappa shape index (κ1) is 9.90. The van der Waals surface area contributed by atoms with Crippen molar-refractivity contribution in [2.75, 3.05) is 0 Å². The van der Waals surface area contributed by atoms with Gasteiger partial charge in [-0.05, 0) is 12.1 Å². The highest BCUT2D eigenvalue weighted by molar-refractivity contribution is 5.81. The van der Waals surface area contributed by atoms with Gasteiger partial charge in [0.15, 0.2) is 6.61 Å². The third-order valence-electron chi connectivity index (χ3n) is 2.53. The van der Waals surface area contributed by atoms with Gasteiger partial charge in [-0.2, -0.15) is 4.73 Å². The van der Waals surface area contributed by atoms with Crippen LogP contribution in [0.5, 0.6) is 0 Å². The second-order valence-electron chi connectivity index (χ2n) is 3.75. The van der Waals surface area contributed by atoms with E-state index in [1.165, 1.54) is 0 Å². The Morgan fingerprint density at radius 3 is 2.82 bits per heavy atom. The van der Waals surface area contributed by atoms with Gasteiger partial charge in [-0.15, -0.1) is 0 Å². The van der Waals surface area contributed by atoms with Gasteiger partial charge < -0.3 is 4.84 Å². The van der Waals surface area contributed by atoms with Gasteiger partial charge in [0.05, 0.1) is 11.9 Å². The number of nitrogens with zero attached hydrogens (tertiary/aromatic N) is 2. The number of hydrogen-bond acceptors (Lipinski definition) is 2. The fourth-order valence-electron chi connectivity index (χ4n) is 1.68. The molecule has 0 spiro atoms. The van der Waals surface area contributed by atoms with E-state index >= 15 is 0 Å². The van der Waals surface area contributed by atoms with Gasteiger partial charge in [0, 0.05) is 17.0 Å². The molecule has 0 saturated heterocycles. The van der Waals surface area contributed by atoms with E-state index in [9.17, 15) is 0 Å². The fraction of sp³-hybridized carbons (Fsp3) is 0.0714. The summed E-state index contributed by atoms with van der Waals surface area (Å²) in [6, 6.07) is 13.8. The van der Waals surface area contributed by atoms with Crippen molar-refractivity contribution in [1.29, 1.82) is 0 Å². The van der Waals surface area contributed by atoms with E-state index in [-0.39, 0.29) is 0 Å². The van der Waals surface area contributed by atoms with Gasteiger partial charge in [-0.25, -0.2) is 0 Å². The largest absolute Gasteiger partial charge is 0.407 e. The van der Waals surface area contributed by atoms with Crippen molar-refractivity contribution in [1.82, 2.24) is 9.71 Å². The zero-order valence-electron chi connectivity index (χ0n) is 9.21. The average Bonchev–Trinajstić information content (AvgIpc) is 2.80. The molecule has 83 valence electrons. The van der Waals surface area contributed by atoms with Gasteiger partial charge in [0.25, 0.3) is 0 Å². The first-order chi connectivity index (χ1) is 8.42. The smallest absolute Gasteiger partial charge is 0.156 e. The average molecular weight is 223 g/mol. The number of aromatic nitrogens is 2. The second kappa shape index (κ2) is 4.29. The van der Waals surface area contributed by atoms with Crippen molar-refractivity contribution in [3.05, 3.63) is 66.7 Å². The summed E-state index contributed by atoms with van der Waals surface area (Å²) in [5, 5.41) is 2.17. The number of rotatable bonds is 3. The lowest BCUT2D eigenvalue weighted by Gasteiger charge is -2.04. The van der Waals surface area contributed by atoms with E-state index in [0.29, 0.717) is 6.61 Å². The van der Waals surface area contributed by atoms with Gasteiger partial charge in [0.2, 0.25) is 0 Å². The predicted octanol–water partition coefficient (Wildman–Crippen LogP) is 2.47. The SMILES string of the molecule is [c]1c2ccccc2cn1OCc1ccccn1. The summed E-state index contributed by atoms with van der Waals surface area (Å²) in [7, 11) is 0. The van der Waals surface area contributed by atoms with E-state index in [2.05, 4.69) is 11.2 Å². The van der Waals surface area contributed by atoms with Crippen LogP contribution in [-0.4, -0.2) is 9.71 Å². The maximum atomic E-state index is 5.58. The van der Waals surface area contributed by atoms with Crippen LogP contribution in [0, 0.1) is 6.20 Å². The summed E-state index contributed by atoms with van der Waals surface area (Å²) in [6.45, 7) is 0.443. The molecule has 2 heterocycles. The Morgan fingerprint density at radius 1 is 1.12 bits per heavy atom. The van der Waals surface area contributed by atoms with Crippen molar-refractivity contribution < 1.29 is 4.84 Å². The van der Waals surface area contributed by atoms with Crippen molar-refractivity contribution in [2.45, 2.75) is 6.61 Å². The molecular weight excluding hydrogens is 212 g/mol. The molecule has 0 saturated carbocycles. The molecule has 1 radical (unpaired) electrons. The van der Waals surface area contributed by atoms with Gasteiger partial charge in [0.1, 0.15) is 6.20 Å². The topological polar surface area (TPSA) is 27.1 Å². The lowest BCUT2D eigenvalue weighted by Crippen LogP contribution is -2.09. The standard InChI is InChI=1S/C14H11N2O/c1-2-6-13-10-16(9-12(13)5-1)17-11-14-7-3-4-8-15-14/h1-9H,11H2. The molecule has 0 fully saturated rings. The Hall–Kier alpha value is -2.29. The van der Waals surface area contributed by atoms with E-state index < -0.39 is 0 Å². The Kier molecular flexibility index (Phi) is 2.50. The molecule has 17 heavy (non-hydrogen) atoms. The lowest BCUT2D eigenvalue weighted by molar-refractivity contribution is 0.0950. The quantitative estimate of drug-likeness (QED) is 0.682. The monoisotopic (exact) mass is 223 g/mol. The van der Waals surface area contributed by atoms with Crippen LogP contribution in [0.3, 0.4) is 0 Å². The number of benzene rings is 1. The molecule has 1 aromatic carbocycles. The minimum atomic E-state index is 0.443. The third-order valence-corrected chi connectivity index (χ3v) is 2.53. The molecule has 3 rings (SSSR count). The number of fused-ring (bicyclic) bond motifs is 1. The first-order valence-corrected chi connectivity index (χ1v) is 5.44. The molecule has 0 aliphatic carbocycles. The Bertz CT molecular complexity index is 583. The number of hydrogen-bond donors (Lipinski definition) is 0.